The molecule has 2 heterocycles. The predicted octanol–water partition coefficient (Wildman–Crippen LogP) is 2.56. The summed E-state index contributed by atoms with van der Waals surface area (Å²) in [7, 11) is 1.83. The normalized spacial score (nSPS) is 20.2. The third-order valence-electron chi connectivity index (χ3n) is 4.76. The lowest BCUT2D eigenvalue weighted by molar-refractivity contribution is 0.116. The molecule has 3 rings (SSSR count). The molecule has 8 heteroatoms. The van der Waals surface area contributed by atoms with E-state index >= 15 is 0 Å². The van der Waals surface area contributed by atoms with E-state index in [9.17, 15) is 5.11 Å². The summed E-state index contributed by atoms with van der Waals surface area (Å²) < 4.78 is 0. The minimum absolute atomic E-state index is 0.00430. The van der Waals surface area contributed by atoms with Gasteiger partial charge in [0.15, 0.2) is 5.82 Å². The van der Waals surface area contributed by atoms with Crippen molar-refractivity contribution in [2.45, 2.75) is 64.5 Å². The third-order valence-corrected chi connectivity index (χ3v) is 4.76. The minimum Gasteiger partial charge on any atom is -0.391 e. The SMILES string of the molecule is CCCNc1nc(NC)c2nc(N[C@@H]3CCCC[C@@H]3O)nc(CC)c2n1. The Kier molecular flexibility index (Phi) is 6.03. The lowest BCUT2D eigenvalue weighted by Crippen LogP contribution is -2.37. The molecule has 0 spiro atoms. The van der Waals surface area contributed by atoms with Crippen molar-refractivity contribution in [3.8, 4) is 0 Å². The molecular formula is C18H29N7O. The summed E-state index contributed by atoms with van der Waals surface area (Å²) in [5.74, 6) is 1.80. The lowest BCUT2D eigenvalue weighted by atomic mass is 9.93. The smallest absolute Gasteiger partial charge is 0.225 e. The van der Waals surface area contributed by atoms with Gasteiger partial charge in [-0.25, -0.2) is 15.0 Å². The molecule has 1 saturated carbocycles. The van der Waals surface area contributed by atoms with E-state index in [1.54, 1.807) is 0 Å². The van der Waals surface area contributed by atoms with Gasteiger partial charge in [-0.2, -0.15) is 4.98 Å². The zero-order chi connectivity index (χ0) is 18.5. The largest absolute Gasteiger partial charge is 0.391 e. The number of rotatable bonds is 7. The van der Waals surface area contributed by atoms with E-state index in [4.69, 9.17) is 0 Å². The van der Waals surface area contributed by atoms with Crippen molar-refractivity contribution in [1.82, 2.24) is 19.9 Å². The van der Waals surface area contributed by atoms with Crippen LogP contribution in [0.15, 0.2) is 0 Å². The topological polar surface area (TPSA) is 108 Å². The van der Waals surface area contributed by atoms with Crippen molar-refractivity contribution in [3.63, 3.8) is 0 Å². The van der Waals surface area contributed by atoms with E-state index in [1.807, 2.05) is 7.05 Å². The summed E-state index contributed by atoms with van der Waals surface area (Å²) >= 11 is 0. The molecule has 8 nitrogen and oxygen atoms in total. The van der Waals surface area contributed by atoms with Crippen LogP contribution in [0.5, 0.6) is 0 Å². The third kappa shape index (κ3) is 3.95. The summed E-state index contributed by atoms with van der Waals surface area (Å²) in [6, 6.07) is -0.00430. The highest BCUT2D eigenvalue weighted by Crippen LogP contribution is 2.26. The summed E-state index contributed by atoms with van der Waals surface area (Å²) in [5, 5.41) is 19.9. The quantitative estimate of drug-likeness (QED) is 0.597. The van der Waals surface area contributed by atoms with E-state index in [0.29, 0.717) is 23.2 Å². The van der Waals surface area contributed by atoms with Crippen molar-refractivity contribution in [1.29, 1.82) is 0 Å². The van der Waals surface area contributed by atoms with E-state index in [-0.39, 0.29) is 12.1 Å². The molecule has 2 atom stereocenters. The van der Waals surface area contributed by atoms with Crippen molar-refractivity contribution >= 4 is 28.7 Å². The number of nitrogens with one attached hydrogen (secondary N) is 3. The number of nitrogens with zero attached hydrogens (tertiary/aromatic N) is 4. The highest BCUT2D eigenvalue weighted by molar-refractivity contribution is 5.88. The molecule has 26 heavy (non-hydrogen) atoms. The first-order valence-corrected chi connectivity index (χ1v) is 9.61. The average molecular weight is 359 g/mol. The molecule has 0 unspecified atom stereocenters. The van der Waals surface area contributed by atoms with Gasteiger partial charge in [-0.05, 0) is 25.7 Å². The monoisotopic (exact) mass is 359 g/mol. The molecule has 0 aliphatic heterocycles. The molecule has 0 radical (unpaired) electrons. The molecule has 0 amide bonds. The summed E-state index contributed by atoms with van der Waals surface area (Å²) in [4.78, 5) is 18.5. The second-order valence-corrected chi connectivity index (χ2v) is 6.72. The van der Waals surface area contributed by atoms with Gasteiger partial charge in [0, 0.05) is 13.6 Å². The van der Waals surface area contributed by atoms with Crippen LogP contribution in [0.2, 0.25) is 0 Å². The van der Waals surface area contributed by atoms with Gasteiger partial charge < -0.3 is 21.1 Å². The van der Waals surface area contributed by atoms with E-state index in [2.05, 4.69) is 49.7 Å². The van der Waals surface area contributed by atoms with Crippen molar-refractivity contribution in [2.24, 2.45) is 0 Å². The Morgan fingerprint density at radius 2 is 1.77 bits per heavy atom. The van der Waals surface area contributed by atoms with Crippen LogP contribution in [0.1, 0.15) is 51.6 Å². The molecule has 2 aromatic heterocycles. The summed E-state index contributed by atoms with van der Waals surface area (Å²) in [5.41, 5.74) is 2.34. The van der Waals surface area contributed by atoms with Gasteiger partial charge in [-0.3, -0.25) is 0 Å². The predicted molar refractivity (Wildman–Crippen MR) is 105 cm³/mol. The number of aromatic nitrogens is 4. The van der Waals surface area contributed by atoms with Gasteiger partial charge in [0.1, 0.15) is 11.0 Å². The first kappa shape index (κ1) is 18.6. The Labute approximate surface area is 154 Å². The molecule has 4 N–H and O–H groups in total. The maximum atomic E-state index is 10.2. The minimum atomic E-state index is -0.353. The molecule has 1 fully saturated rings. The van der Waals surface area contributed by atoms with Crippen molar-refractivity contribution in [2.75, 3.05) is 29.5 Å². The Hall–Kier alpha value is -2.22. The highest BCUT2D eigenvalue weighted by atomic mass is 16.3. The van der Waals surface area contributed by atoms with Crippen LogP contribution in [0.25, 0.3) is 11.0 Å². The fourth-order valence-corrected chi connectivity index (χ4v) is 3.32. The Morgan fingerprint density at radius 1 is 1.00 bits per heavy atom. The van der Waals surface area contributed by atoms with Crippen LogP contribution in [-0.2, 0) is 6.42 Å². The summed E-state index contributed by atoms with van der Waals surface area (Å²) in [6.45, 7) is 4.97. The summed E-state index contributed by atoms with van der Waals surface area (Å²) in [6.07, 6.45) is 5.33. The number of fused-ring (bicyclic) bond motifs is 1. The average Bonchev–Trinajstić information content (AvgIpc) is 2.67. The van der Waals surface area contributed by atoms with Crippen LogP contribution in [0.4, 0.5) is 17.7 Å². The van der Waals surface area contributed by atoms with Crippen LogP contribution >= 0.6 is 0 Å². The number of aliphatic hydroxyl groups is 1. The zero-order valence-electron chi connectivity index (χ0n) is 15.8. The first-order chi connectivity index (χ1) is 12.7. The number of hydrogen-bond acceptors (Lipinski definition) is 8. The first-order valence-electron chi connectivity index (χ1n) is 9.61. The van der Waals surface area contributed by atoms with Gasteiger partial charge in [-0.15, -0.1) is 0 Å². The maximum absolute atomic E-state index is 10.2. The Balaban J connectivity index is 1.99. The molecule has 1 aliphatic rings. The number of hydrogen-bond donors (Lipinski definition) is 4. The molecular weight excluding hydrogens is 330 g/mol. The van der Waals surface area contributed by atoms with Gasteiger partial charge in [0.2, 0.25) is 11.9 Å². The van der Waals surface area contributed by atoms with Crippen molar-refractivity contribution < 1.29 is 5.11 Å². The number of anilines is 3. The maximum Gasteiger partial charge on any atom is 0.225 e. The van der Waals surface area contributed by atoms with Crippen LogP contribution in [0, 0.1) is 0 Å². The molecule has 0 aromatic carbocycles. The molecule has 142 valence electrons. The van der Waals surface area contributed by atoms with Crippen LogP contribution in [0.3, 0.4) is 0 Å². The van der Waals surface area contributed by atoms with Crippen molar-refractivity contribution in [3.05, 3.63) is 5.69 Å². The standard InChI is InChI=1S/C18H29N7O/c1-4-10-20-17-23-14-11(5-2)21-18(24-15(14)16(19-3)25-17)22-12-8-6-7-9-13(12)26/h12-13,26H,4-10H2,1-3H3,(H,21,22,24)(H2,19,20,23,25)/t12-,13+/m1/s1. The molecule has 0 bridgehead atoms. The Bertz CT molecular complexity index is 752. The second kappa shape index (κ2) is 8.44. The fraction of sp³-hybridized carbons (Fsp3) is 0.667. The van der Waals surface area contributed by atoms with Gasteiger partial charge >= 0.3 is 0 Å². The molecule has 1 aliphatic carbocycles. The van der Waals surface area contributed by atoms with E-state index < -0.39 is 0 Å². The molecule has 2 aromatic rings. The molecule has 0 saturated heterocycles. The Morgan fingerprint density at radius 3 is 2.46 bits per heavy atom. The van der Waals surface area contributed by atoms with E-state index in [0.717, 1.165) is 56.3 Å². The lowest BCUT2D eigenvalue weighted by Gasteiger charge is -2.28. The van der Waals surface area contributed by atoms with Crippen LogP contribution in [-0.4, -0.2) is 50.8 Å². The number of aliphatic hydroxyl groups excluding tert-OH is 1. The van der Waals surface area contributed by atoms with Gasteiger partial charge in [0.05, 0.1) is 17.8 Å². The van der Waals surface area contributed by atoms with E-state index in [1.165, 1.54) is 0 Å². The fourth-order valence-electron chi connectivity index (χ4n) is 3.32. The van der Waals surface area contributed by atoms with Gasteiger partial charge in [0.25, 0.3) is 0 Å². The van der Waals surface area contributed by atoms with Crippen LogP contribution < -0.4 is 16.0 Å². The van der Waals surface area contributed by atoms with Gasteiger partial charge in [-0.1, -0.05) is 26.7 Å². The highest BCUT2D eigenvalue weighted by Gasteiger charge is 2.24. The second-order valence-electron chi connectivity index (χ2n) is 6.72. The zero-order valence-corrected chi connectivity index (χ0v) is 15.8. The number of aryl methyl sites for hydroxylation is 1.